The standard InChI is InChI=1S/C12H16N2OS/c15-11(14-8-10-4-3-5-10)9-16-12-6-1-2-7-13-12/h1-2,6-7,10H,3-5,8-9H2,(H,14,15). The molecule has 1 N–H and O–H groups in total. The summed E-state index contributed by atoms with van der Waals surface area (Å²) in [6, 6.07) is 5.73. The van der Waals surface area contributed by atoms with Gasteiger partial charge in [-0.1, -0.05) is 24.2 Å². The molecule has 0 aromatic carbocycles. The average Bonchev–Trinajstić information content (AvgIpc) is 2.26. The Balaban J connectivity index is 1.63. The molecule has 0 unspecified atom stereocenters. The van der Waals surface area contributed by atoms with E-state index in [1.807, 2.05) is 18.2 Å². The van der Waals surface area contributed by atoms with E-state index in [4.69, 9.17) is 0 Å². The van der Waals surface area contributed by atoms with Crippen molar-refractivity contribution in [1.29, 1.82) is 0 Å². The number of nitrogens with zero attached hydrogens (tertiary/aromatic N) is 1. The van der Waals surface area contributed by atoms with Gasteiger partial charge in [-0.2, -0.15) is 0 Å². The van der Waals surface area contributed by atoms with Gasteiger partial charge in [-0.25, -0.2) is 4.98 Å². The van der Waals surface area contributed by atoms with Gasteiger partial charge in [-0.05, 0) is 30.9 Å². The second-order valence-corrected chi connectivity index (χ2v) is 5.05. The molecule has 16 heavy (non-hydrogen) atoms. The van der Waals surface area contributed by atoms with Gasteiger partial charge in [0.05, 0.1) is 10.8 Å². The number of rotatable bonds is 5. The topological polar surface area (TPSA) is 42.0 Å². The van der Waals surface area contributed by atoms with Gasteiger partial charge >= 0.3 is 0 Å². The molecule has 1 aliphatic rings. The summed E-state index contributed by atoms with van der Waals surface area (Å²) in [5, 5.41) is 3.87. The maximum atomic E-state index is 11.5. The number of carbonyl (C=O) groups is 1. The van der Waals surface area contributed by atoms with Crippen molar-refractivity contribution < 1.29 is 4.79 Å². The fraction of sp³-hybridized carbons (Fsp3) is 0.500. The van der Waals surface area contributed by atoms with Crippen LogP contribution in [0.25, 0.3) is 0 Å². The third-order valence-electron chi connectivity index (χ3n) is 2.80. The van der Waals surface area contributed by atoms with Crippen LogP contribution in [0.4, 0.5) is 0 Å². The molecule has 4 heteroatoms. The summed E-state index contributed by atoms with van der Waals surface area (Å²) in [4.78, 5) is 15.7. The smallest absolute Gasteiger partial charge is 0.230 e. The zero-order chi connectivity index (χ0) is 11.2. The molecule has 0 radical (unpaired) electrons. The Morgan fingerprint density at radius 3 is 3.00 bits per heavy atom. The van der Waals surface area contributed by atoms with Crippen LogP contribution >= 0.6 is 11.8 Å². The maximum Gasteiger partial charge on any atom is 0.230 e. The zero-order valence-electron chi connectivity index (χ0n) is 9.19. The predicted molar refractivity (Wildman–Crippen MR) is 65.3 cm³/mol. The van der Waals surface area contributed by atoms with E-state index in [2.05, 4.69) is 10.3 Å². The van der Waals surface area contributed by atoms with Gasteiger partial charge in [0.2, 0.25) is 5.91 Å². The monoisotopic (exact) mass is 236 g/mol. The SMILES string of the molecule is O=C(CSc1ccccn1)NCC1CCC1. The van der Waals surface area contributed by atoms with Crippen LogP contribution in [0.3, 0.4) is 0 Å². The van der Waals surface area contributed by atoms with Gasteiger partial charge in [0, 0.05) is 12.7 Å². The molecule has 1 aromatic rings. The molecule has 0 saturated heterocycles. The van der Waals surface area contributed by atoms with E-state index in [0.717, 1.165) is 17.5 Å². The maximum absolute atomic E-state index is 11.5. The van der Waals surface area contributed by atoms with Crippen LogP contribution in [0.5, 0.6) is 0 Å². The van der Waals surface area contributed by atoms with E-state index in [-0.39, 0.29) is 5.91 Å². The largest absolute Gasteiger partial charge is 0.355 e. The number of aromatic nitrogens is 1. The molecule has 1 aromatic heterocycles. The van der Waals surface area contributed by atoms with E-state index < -0.39 is 0 Å². The first-order valence-electron chi connectivity index (χ1n) is 5.65. The van der Waals surface area contributed by atoms with Crippen molar-refractivity contribution in [2.24, 2.45) is 5.92 Å². The van der Waals surface area contributed by atoms with Gasteiger partial charge in [0.1, 0.15) is 0 Å². The van der Waals surface area contributed by atoms with Crippen LogP contribution in [-0.2, 0) is 4.79 Å². The Hall–Kier alpha value is -1.03. The van der Waals surface area contributed by atoms with E-state index >= 15 is 0 Å². The molecule has 1 amide bonds. The Morgan fingerprint density at radius 2 is 2.38 bits per heavy atom. The minimum absolute atomic E-state index is 0.113. The van der Waals surface area contributed by atoms with Gasteiger partial charge in [-0.3, -0.25) is 4.79 Å². The van der Waals surface area contributed by atoms with Gasteiger partial charge in [0.25, 0.3) is 0 Å². The van der Waals surface area contributed by atoms with Crippen LogP contribution in [0.2, 0.25) is 0 Å². The highest BCUT2D eigenvalue weighted by atomic mass is 32.2. The van der Waals surface area contributed by atoms with Gasteiger partial charge in [0.15, 0.2) is 0 Å². The third-order valence-corrected chi connectivity index (χ3v) is 3.75. The van der Waals surface area contributed by atoms with Gasteiger partial charge < -0.3 is 5.32 Å². The Labute approximate surface area is 100 Å². The van der Waals surface area contributed by atoms with E-state index in [9.17, 15) is 4.79 Å². The van der Waals surface area contributed by atoms with Crippen molar-refractivity contribution in [2.75, 3.05) is 12.3 Å². The number of hydrogen-bond donors (Lipinski definition) is 1. The van der Waals surface area contributed by atoms with E-state index in [0.29, 0.717) is 5.75 Å². The minimum Gasteiger partial charge on any atom is -0.355 e. The lowest BCUT2D eigenvalue weighted by Crippen LogP contribution is -2.33. The average molecular weight is 236 g/mol. The second kappa shape index (κ2) is 5.89. The fourth-order valence-electron chi connectivity index (χ4n) is 1.58. The molecule has 1 aliphatic carbocycles. The molecule has 1 saturated carbocycles. The molecular weight excluding hydrogens is 220 g/mol. The van der Waals surface area contributed by atoms with Crippen molar-refractivity contribution in [3.63, 3.8) is 0 Å². The molecule has 0 aliphatic heterocycles. The Kier molecular flexibility index (Phi) is 4.22. The predicted octanol–water partition coefficient (Wildman–Crippen LogP) is 2.09. The minimum atomic E-state index is 0.113. The van der Waals surface area contributed by atoms with Crippen molar-refractivity contribution in [3.8, 4) is 0 Å². The van der Waals surface area contributed by atoms with Crippen LogP contribution in [-0.4, -0.2) is 23.2 Å². The summed E-state index contributed by atoms with van der Waals surface area (Å²) in [5.74, 6) is 1.30. The summed E-state index contributed by atoms with van der Waals surface area (Å²) in [6.45, 7) is 0.849. The summed E-state index contributed by atoms with van der Waals surface area (Å²) in [7, 11) is 0. The fourth-order valence-corrected chi connectivity index (χ4v) is 2.27. The first-order valence-corrected chi connectivity index (χ1v) is 6.63. The third kappa shape index (κ3) is 3.52. The van der Waals surface area contributed by atoms with Gasteiger partial charge in [-0.15, -0.1) is 0 Å². The first-order chi connectivity index (χ1) is 7.84. The summed E-state index contributed by atoms with van der Waals surface area (Å²) >= 11 is 1.48. The zero-order valence-corrected chi connectivity index (χ0v) is 10.0. The molecule has 0 spiro atoms. The first kappa shape index (κ1) is 11.5. The lowest BCUT2D eigenvalue weighted by Gasteiger charge is -2.25. The number of carbonyl (C=O) groups excluding carboxylic acids is 1. The molecule has 2 rings (SSSR count). The molecular formula is C12H16N2OS. The highest BCUT2D eigenvalue weighted by molar-refractivity contribution is 7.99. The highest BCUT2D eigenvalue weighted by Crippen LogP contribution is 2.25. The van der Waals surface area contributed by atoms with Crippen LogP contribution in [0, 0.1) is 5.92 Å². The number of pyridine rings is 1. The number of amides is 1. The number of nitrogens with one attached hydrogen (secondary N) is 1. The molecule has 86 valence electrons. The van der Waals surface area contributed by atoms with Crippen LogP contribution in [0.15, 0.2) is 29.4 Å². The van der Waals surface area contributed by atoms with Crippen molar-refractivity contribution in [1.82, 2.24) is 10.3 Å². The van der Waals surface area contributed by atoms with Crippen molar-refractivity contribution >= 4 is 17.7 Å². The molecule has 3 nitrogen and oxygen atoms in total. The Morgan fingerprint density at radius 1 is 1.50 bits per heavy atom. The molecule has 1 fully saturated rings. The second-order valence-electron chi connectivity index (χ2n) is 4.06. The number of hydrogen-bond acceptors (Lipinski definition) is 3. The lowest BCUT2D eigenvalue weighted by molar-refractivity contribution is -0.118. The summed E-state index contributed by atoms with van der Waals surface area (Å²) in [5.41, 5.74) is 0. The molecule has 1 heterocycles. The van der Waals surface area contributed by atoms with E-state index in [1.165, 1.54) is 31.0 Å². The molecule has 0 bridgehead atoms. The molecule has 0 atom stereocenters. The van der Waals surface area contributed by atoms with Crippen LogP contribution < -0.4 is 5.32 Å². The van der Waals surface area contributed by atoms with E-state index in [1.54, 1.807) is 6.20 Å². The highest BCUT2D eigenvalue weighted by Gasteiger charge is 2.17. The summed E-state index contributed by atoms with van der Waals surface area (Å²) < 4.78 is 0. The lowest BCUT2D eigenvalue weighted by atomic mass is 9.85. The normalized spacial score (nSPS) is 15.5. The number of thioether (sulfide) groups is 1. The van der Waals surface area contributed by atoms with Crippen molar-refractivity contribution in [3.05, 3.63) is 24.4 Å². The Bertz CT molecular complexity index is 338. The van der Waals surface area contributed by atoms with Crippen LogP contribution in [0.1, 0.15) is 19.3 Å². The summed E-state index contributed by atoms with van der Waals surface area (Å²) in [6.07, 6.45) is 5.61. The quantitative estimate of drug-likeness (QED) is 0.796. The van der Waals surface area contributed by atoms with Crippen molar-refractivity contribution in [2.45, 2.75) is 24.3 Å².